The van der Waals surface area contributed by atoms with E-state index in [1.165, 1.54) is 11.6 Å². The second-order valence-electron chi connectivity index (χ2n) is 4.98. The maximum absolute atomic E-state index is 13.1. The number of nitrogens with one attached hydrogen (secondary N) is 1. The summed E-state index contributed by atoms with van der Waals surface area (Å²) in [5.74, 6) is -0.375. The molecule has 0 radical (unpaired) electrons. The zero-order valence-electron chi connectivity index (χ0n) is 11.2. The van der Waals surface area contributed by atoms with Gasteiger partial charge in [-0.05, 0) is 29.3 Å². The van der Waals surface area contributed by atoms with Gasteiger partial charge in [-0.3, -0.25) is 0 Å². The van der Waals surface area contributed by atoms with E-state index in [4.69, 9.17) is 11.6 Å². The van der Waals surface area contributed by atoms with Crippen molar-refractivity contribution in [1.29, 1.82) is 0 Å². The monoisotopic (exact) mass is 280 g/mol. The fraction of sp³-hybridized carbons (Fsp3) is 0.333. The quantitative estimate of drug-likeness (QED) is 0.881. The van der Waals surface area contributed by atoms with Gasteiger partial charge in [0.05, 0.1) is 5.02 Å². The van der Waals surface area contributed by atoms with Crippen LogP contribution >= 0.6 is 11.6 Å². The molecule has 0 saturated heterocycles. The summed E-state index contributed by atoms with van der Waals surface area (Å²) in [7, 11) is 0. The Labute approximate surface area is 118 Å². The summed E-state index contributed by atoms with van der Waals surface area (Å²) >= 11 is 5.78. The first-order chi connectivity index (χ1) is 9.04. The number of hydrogen-bond donors (Lipinski definition) is 1. The van der Waals surface area contributed by atoms with E-state index >= 15 is 0 Å². The molecule has 0 bridgehead atoms. The predicted octanol–water partition coefficient (Wildman–Crippen LogP) is 3.83. The number of rotatable bonds is 5. The van der Waals surface area contributed by atoms with Gasteiger partial charge < -0.3 is 9.88 Å². The van der Waals surface area contributed by atoms with Crippen LogP contribution in [-0.2, 0) is 13.1 Å². The van der Waals surface area contributed by atoms with Gasteiger partial charge in [0, 0.05) is 31.5 Å². The van der Waals surface area contributed by atoms with Crippen molar-refractivity contribution in [1.82, 2.24) is 9.88 Å². The first-order valence-corrected chi connectivity index (χ1v) is 6.74. The second kappa shape index (κ2) is 6.22. The molecular formula is C15H18ClFN2. The Hall–Kier alpha value is -1.32. The Bertz CT molecular complexity index is 549. The minimum absolute atomic E-state index is 0.173. The summed E-state index contributed by atoms with van der Waals surface area (Å²) in [5, 5.41) is 3.54. The average Bonchev–Trinajstić information content (AvgIpc) is 2.79. The van der Waals surface area contributed by atoms with Gasteiger partial charge in [0.15, 0.2) is 0 Å². The fourth-order valence-corrected chi connectivity index (χ4v) is 2.07. The molecule has 2 rings (SSSR count). The van der Waals surface area contributed by atoms with E-state index in [-0.39, 0.29) is 10.8 Å². The number of benzene rings is 1. The Morgan fingerprint density at radius 3 is 2.74 bits per heavy atom. The highest BCUT2D eigenvalue weighted by molar-refractivity contribution is 6.30. The van der Waals surface area contributed by atoms with E-state index in [1.54, 1.807) is 12.1 Å². The lowest BCUT2D eigenvalue weighted by atomic mass is 10.2. The first-order valence-electron chi connectivity index (χ1n) is 6.36. The molecule has 0 aliphatic heterocycles. The van der Waals surface area contributed by atoms with E-state index in [2.05, 4.69) is 36.0 Å². The average molecular weight is 281 g/mol. The summed E-state index contributed by atoms with van der Waals surface area (Å²) in [6.07, 6.45) is 4.11. The number of halogens is 2. The zero-order valence-corrected chi connectivity index (χ0v) is 11.9. The van der Waals surface area contributed by atoms with Crippen LogP contribution in [0.15, 0.2) is 36.7 Å². The summed E-state index contributed by atoms with van der Waals surface area (Å²) in [4.78, 5) is 0. The maximum Gasteiger partial charge on any atom is 0.141 e. The fourth-order valence-electron chi connectivity index (χ4n) is 1.86. The Morgan fingerprint density at radius 1 is 1.26 bits per heavy atom. The Kier molecular flexibility index (Phi) is 4.61. The SMILES string of the molecule is CC(C)NCc1ccn(Cc2ccc(F)c(Cl)c2)c1. The van der Waals surface area contributed by atoms with Crippen LogP contribution in [0.5, 0.6) is 0 Å². The molecule has 1 heterocycles. The van der Waals surface area contributed by atoms with Crippen LogP contribution in [0.4, 0.5) is 4.39 Å². The van der Waals surface area contributed by atoms with Crippen molar-refractivity contribution in [3.63, 3.8) is 0 Å². The lowest BCUT2D eigenvalue weighted by molar-refractivity contribution is 0.588. The molecule has 2 nitrogen and oxygen atoms in total. The molecule has 2 aromatic rings. The van der Waals surface area contributed by atoms with Crippen molar-refractivity contribution in [3.05, 3.63) is 58.6 Å². The molecule has 0 saturated carbocycles. The van der Waals surface area contributed by atoms with Gasteiger partial charge >= 0.3 is 0 Å². The molecular weight excluding hydrogens is 263 g/mol. The van der Waals surface area contributed by atoms with Gasteiger partial charge in [-0.15, -0.1) is 0 Å². The number of hydrogen-bond acceptors (Lipinski definition) is 1. The van der Waals surface area contributed by atoms with Crippen LogP contribution in [0.1, 0.15) is 25.0 Å². The van der Waals surface area contributed by atoms with Gasteiger partial charge in [0.2, 0.25) is 0 Å². The third-order valence-corrected chi connectivity index (χ3v) is 3.16. The second-order valence-corrected chi connectivity index (χ2v) is 5.38. The predicted molar refractivity (Wildman–Crippen MR) is 76.9 cm³/mol. The van der Waals surface area contributed by atoms with E-state index in [9.17, 15) is 4.39 Å². The smallest absolute Gasteiger partial charge is 0.141 e. The van der Waals surface area contributed by atoms with Crippen molar-refractivity contribution in [2.75, 3.05) is 0 Å². The van der Waals surface area contributed by atoms with Crippen LogP contribution in [0.3, 0.4) is 0 Å². The molecule has 0 aliphatic rings. The van der Waals surface area contributed by atoms with Crippen LogP contribution in [0, 0.1) is 5.82 Å². The Morgan fingerprint density at radius 2 is 2.05 bits per heavy atom. The van der Waals surface area contributed by atoms with Crippen molar-refractivity contribution in [3.8, 4) is 0 Å². The molecule has 102 valence electrons. The third kappa shape index (κ3) is 4.08. The van der Waals surface area contributed by atoms with E-state index in [0.717, 1.165) is 12.1 Å². The molecule has 0 aliphatic carbocycles. The normalized spacial score (nSPS) is 11.2. The van der Waals surface area contributed by atoms with Crippen LogP contribution in [0.25, 0.3) is 0 Å². The number of nitrogens with zero attached hydrogens (tertiary/aromatic N) is 1. The van der Waals surface area contributed by atoms with Crippen molar-refractivity contribution in [2.45, 2.75) is 33.0 Å². The van der Waals surface area contributed by atoms with Crippen LogP contribution in [-0.4, -0.2) is 10.6 Å². The molecule has 4 heteroatoms. The van der Waals surface area contributed by atoms with E-state index < -0.39 is 0 Å². The molecule has 0 spiro atoms. The highest BCUT2D eigenvalue weighted by Gasteiger charge is 2.03. The molecule has 0 unspecified atom stereocenters. The molecule has 0 atom stereocenters. The van der Waals surface area contributed by atoms with Crippen LogP contribution < -0.4 is 5.32 Å². The third-order valence-electron chi connectivity index (χ3n) is 2.88. The largest absolute Gasteiger partial charge is 0.350 e. The molecule has 0 fully saturated rings. The first kappa shape index (κ1) is 14.1. The maximum atomic E-state index is 13.1. The van der Waals surface area contributed by atoms with Crippen molar-refractivity contribution in [2.24, 2.45) is 0 Å². The van der Waals surface area contributed by atoms with Crippen molar-refractivity contribution < 1.29 is 4.39 Å². The van der Waals surface area contributed by atoms with Gasteiger partial charge in [-0.25, -0.2) is 4.39 Å². The summed E-state index contributed by atoms with van der Waals surface area (Å²) in [6, 6.07) is 7.39. The van der Waals surface area contributed by atoms with E-state index in [1.807, 2.05) is 6.20 Å². The summed E-state index contributed by atoms with van der Waals surface area (Å²) in [6.45, 7) is 5.80. The summed E-state index contributed by atoms with van der Waals surface area (Å²) in [5.41, 5.74) is 2.23. The molecule has 1 aromatic heterocycles. The zero-order chi connectivity index (χ0) is 13.8. The lowest BCUT2D eigenvalue weighted by Crippen LogP contribution is -2.21. The van der Waals surface area contributed by atoms with Crippen molar-refractivity contribution >= 4 is 11.6 Å². The topological polar surface area (TPSA) is 17.0 Å². The Balaban J connectivity index is 2.01. The molecule has 1 aromatic carbocycles. The number of aromatic nitrogens is 1. The standard InChI is InChI=1S/C15H18ClFN2/c1-11(2)18-8-13-5-6-19(10-13)9-12-3-4-15(17)14(16)7-12/h3-7,10-11,18H,8-9H2,1-2H3. The van der Waals surface area contributed by atoms with Crippen LogP contribution in [0.2, 0.25) is 5.02 Å². The lowest BCUT2D eigenvalue weighted by Gasteiger charge is -2.06. The van der Waals surface area contributed by atoms with E-state index in [0.29, 0.717) is 12.6 Å². The highest BCUT2D eigenvalue weighted by atomic mass is 35.5. The van der Waals surface area contributed by atoms with Gasteiger partial charge in [0.25, 0.3) is 0 Å². The summed E-state index contributed by atoms with van der Waals surface area (Å²) < 4.78 is 15.1. The highest BCUT2D eigenvalue weighted by Crippen LogP contribution is 2.17. The van der Waals surface area contributed by atoms with Gasteiger partial charge in [0.1, 0.15) is 5.82 Å². The minimum Gasteiger partial charge on any atom is -0.350 e. The molecule has 0 amide bonds. The molecule has 1 N–H and O–H groups in total. The minimum atomic E-state index is -0.375. The van der Waals surface area contributed by atoms with Gasteiger partial charge in [-0.2, -0.15) is 0 Å². The van der Waals surface area contributed by atoms with Gasteiger partial charge in [-0.1, -0.05) is 31.5 Å². The molecule has 19 heavy (non-hydrogen) atoms.